The van der Waals surface area contributed by atoms with E-state index in [1.165, 1.54) is 12.8 Å². The van der Waals surface area contributed by atoms with Crippen LogP contribution in [-0.2, 0) is 10.3 Å². The number of para-hydroxylation sites is 1. The second-order valence-corrected chi connectivity index (χ2v) is 10.7. The third-order valence-electron chi connectivity index (χ3n) is 8.06. The number of imidazole rings is 1. The number of ether oxygens (including phenoxy) is 2. The maximum absolute atomic E-state index is 13.6. The van der Waals surface area contributed by atoms with Crippen molar-refractivity contribution in [3.63, 3.8) is 0 Å². The second kappa shape index (κ2) is 8.60. The minimum absolute atomic E-state index is 0.213. The summed E-state index contributed by atoms with van der Waals surface area (Å²) in [5.41, 5.74) is 4.31. The number of carbonyl (C=O) groups excluding carboxylic acids is 1. The van der Waals surface area contributed by atoms with E-state index in [0.29, 0.717) is 48.7 Å². The number of hydrogen-bond acceptors (Lipinski definition) is 9. The van der Waals surface area contributed by atoms with Crippen molar-refractivity contribution in [2.24, 2.45) is 0 Å². The van der Waals surface area contributed by atoms with E-state index in [1.807, 2.05) is 39.8 Å². The predicted octanol–water partition coefficient (Wildman–Crippen LogP) is 2.77. The maximum atomic E-state index is 13.6. The topological polar surface area (TPSA) is 125 Å². The van der Waals surface area contributed by atoms with Gasteiger partial charge in [-0.2, -0.15) is 0 Å². The normalized spacial score (nSPS) is 19.1. The van der Waals surface area contributed by atoms with E-state index >= 15 is 0 Å². The first-order valence-electron chi connectivity index (χ1n) is 13.4. The Morgan fingerprint density at radius 2 is 1.97 bits per heavy atom. The number of tetrazole rings is 1. The van der Waals surface area contributed by atoms with E-state index in [1.54, 1.807) is 6.20 Å². The molecular formula is C27H27N9O3. The van der Waals surface area contributed by atoms with Gasteiger partial charge in [0.1, 0.15) is 17.8 Å². The first kappa shape index (κ1) is 22.6. The lowest BCUT2D eigenvalue weighted by Gasteiger charge is -2.30. The first-order valence-corrected chi connectivity index (χ1v) is 13.4. The quantitative estimate of drug-likeness (QED) is 0.419. The molecule has 2 aliphatic heterocycles. The van der Waals surface area contributed by atoms with Crippen LogP contribution in [-0.4, -0.2) is 73.6 Å². The fourth-order valence-corrected chi connectivity index (χ4v) is 5.47. The summed E-state index contributed by atoms with van der Waals surface area (Å²) < 4.78 is 15.7. The summed E-state index contributed by atoms with van der Waals surface area (Å²) in [6, 6.07) is 7.45. The van der Waals surface area contributed by atoms with E-state index in [4.69, 9.17) is 9.47 Å². The number of fused-ring (bicyclic) bond motifs is 4. The summed E-state index contributed by atoms with van der Waals surface area (Å²) in [7, 11) is 0. The summed E-state index contributed by atoms with van der Waals surface area (Å²) in [5.74, 6) is 1.43. The van der Waals surface area contributed by atoms with Gasteiger partial charge in [0.25, 0.3) is 5.91 Å². The van der Waals surface area contributed by atoms with Crippen LogP contribution in [0.4, 0.5) is 11.4 Å². The van der Waals surface area contributed by atoms with Gasteiger partial charge in [0.2, 0.25) is 0 Å². The highest BCUT2D eigenvalue weighted by molar-refractivity contribution is 6.05. The number of morpholine rings is 1. The summed E-state index contributed by atoms with van der Waals surface area (Å²) >= 11 is 0. The Kier molecular flexibility index (Phi) is 4.99. The maximum Gasteiger partial charge on any atom is 0.274 e. The standard InChI is InChI=1S/C27H27N9O3/c37-26(30-19-3-1-2-18-24(19)39-15-27(6-7-27)36-25(18)31-32-33-36)20-12-22(35-14-21(29-16-35)17-4-5-17)23(13-28-20)34-8-10-38-11-9-34/h1-3,12-14,16-17H,4-11,15H2,(H,30,37). The summed E-state index contributed by atoms with van der Waals surface area (Å²) in [5, 5.41) is 15.4. The number of pyridine rings is 1. The zero-order valence-electron chi connectivity index (χ0n) is 21.3. The molecule has 3 fully saturated rings. The number of rotatable bonds is 5. The van der Waals surface area contributed by atoms with Gasteiger partial charge in [0.05, 0.1) is 54.1 Å². The van der Waals surface area contributed by atoms with Gasteiger partial charge in [0, 0.05) is 25.2 Å². The number of amides is 1. The van der Waals surface area contributed by atoms with Crippen LogP contribution in [0.25, 0.3) is 17.1 Å². The van der Waals surface area contributed by atoms with Crippen LogP contribution in [0.15, 0.2) is 43.0 Å². The highest BCUT2D eigenvalue weighted by atomic mass is 16.5. The molecular weight excluding hydrogens is 498 g/mol. The molecule has 0 bridgehead atoms. The molecule has 198 valence electrons. The molecule has 39 heavy (non-hydrogen) atoms. The van der Waals surface area contributed by atoms with Crippen LogP contribution in [0.5, 0.6) is 5.75 Å². The monoisotopic (exact) mass is 525 g/mol. The molecule has 4 aliphatic rings. The fraction of sp³-hybridized carbons (Fsp3) is 0.407. The van der Waals surface area contributed by atoms with Crippen LogP contribution >= 0.6 is 0 Å². The van der Waals surface area contributed by atoms with Crippen LogP contribution in [0.2, 0.25) is 0 Å². The molecule has 1 saturated heterocycles. The fourth-order valence-electron chi connectivity index (χ4n) is 5.47. The molecule has 0 radical (unpaired) electrons. The molecule has 2 saturated carbocycles. The second-order valence-electron chi connectivity index (χ2n) is 10.7. The van der Waals surface area contributed by atoms with Crippen LogP contribution in [0.3, 0.4) is 0 Å². The van der Waals surface area contributed by atoms with Gasteiger partial charge in [-0.05, 0) is 54.3 Å². The van der Waals surface area contributed by atoms with E-state index in [9.17, 15) is 4.79 Å². The lowest BCUT2D eigenvalue weighted by Crippen LogP contribution is -2.37. The van der Waals surface area contributed by atoms with Gasteiger partial charge in [-0.25, -0.2) is 14.6 Å². The highest BCUT2D eigenvalue weighted by Crippen LogP contribution is 2.49. The number of carbonyl (C=O) groups is 1. The molecule has 1 spiro atoms. The largest absolute Gasteiger partial charge is 0.488 e. The Morgan fingerprint density at radius 3 is 2.79 bits per heavy atom. The minimum Gasteiger partial charge on any atom is -0.488 e. The summed E-state index contributed by atoms with van der Waals surface area (Å²) in [6.07, 6.45) is 9.94. The number of nitrogens with one attached hydrogen (secondary N) is 1. The van der Waals surface area contributed by atoms with Gasteiger partial charge >= 0.3 is 0 Å². The van der Waals surface area contributed by atoms with Crippen LogP contribution in [0.1, 0.15) is 47.8 Å². The zero-order valence-corrected chi connectivity index (χ0v) is 21.3. The van der Waals surface area contributed by atoms with Crippen LogP contribution in [0, 0.1) is 0 Å². The third kappa shape index (κ3) is 3.85. The van der Waals surface area contributed by atoms with Gasteiger partial charge in [-0.15, -0.1) is 5.10 Å². The summed E-state index contributed by atoms with van der Waals surface area (Å²) in [6.45, 7) is 3.29. The Hall–Kier alpha value is -4.32. The van der Waals surface area contributed by atoms with Crippen molar-refractivity contribution in [3.8, 4) is 22.8 Å². The number of aromatic nitrogens is 7. The number of nitrogens with zero attached hydrogens (tertiary/aromatic N) is 8. The Labute approximate surface area is 223 Å². The van der Waals surface area contributed by atoms with E-state index in [2.05, 4.69) is 41.9 Å². The van der Waals surface area contributed by atoms with Crippen molar-refractivity contribution in [1.29, 1.82) is 0 Å². The molecule has 1 N–H and O–H groups in total. The molecule has 1 amide bonds. The van der Waals surface area contributed by atoms with Gasteiger partial charge in [-0.1, -0.05) is 6.07 Å². The number of anilines is 2. The van der Waals surface area contributed by atoms with Crippen molar-refractivity contribution in [2.45, 2.75) is 37.1 Å². The van der Waals surface area contributed by atoms with Crippen molar-refractivity contribution < 1.29 is 14.3 Å². The lowest BCUT2D eigenvalue weighted by molar-refractivity contribution is 0.102. The van der Waals surface area contributed by atoms with Crippen molar-refractivity contribution in [2.75, 3.05) is 43.1 Å². The minimum atomic E-state index is -0.325. The lowest BCUT2D eigenvalue weighted by atomic mass is 10.1. The molecule has 12 heteroatoms. The van der Waals surface area contributed by atoms with E-state index < -0.39 is 0 Å². The molecule has 5 heterocycles. The van der Waals surface area contributed by atoms with Crippen molar-refractivity contribution >= 4 is 17.3 Å². The third-order valence-corrected chi connectivity index (χ3v) is 8.06. The molecule has 0 unspecified atom stereocenters. The Morgan fingerprint density at radius 1 is 1.10 bits per heavy atom. The van der Waals surface area contributed by atoms with Gasteiger partial charge < -0.3 is 24.3 Å². The number of hydrogen-bond donors (Lipinski definition) is 1. The summed E-state index contributed by atoms with van der Waals surface area (Å²) in [4.78, 5) is 25.0. The predicted molar refractivity (Wildman–Crippen MR) is 140 cm³/mol. The zero-order chi connectivity index (χ0) is 26.0. The average molecular weight is 526 g/mol. The first-order chi connectivity index (χ1) is 19.2. The molecule has 2 aliphatic carbocycles. The molecule has 12 nitrogen and oxygen atoms in total. The molecule has 8 rings (SSSR count). The molecule has 3 aromatic heterocycles. The van der Waals surface area contributed by atoms with Crippen molar-refractivity contribution in [3.05, 3.63) is 54.4 Å². The Balaban J connectivity index is 1.13. The molecule has 1 aromatic carbocycles. The number of benzene rings is 1. The smallest absolute Gasteiger partial charge is 0.274 e. The highest BCUT2D eigenvalue weighted by Gasteiger charge is 2.50. The van der Waals surface area contributed by atoms with Gasteiger partial charge in [0.15, 0.2) is 11.6 Å². The molecule has 4 aromatic rings. The Bertz CT molecular complexity index is 1580. The average Bonchev–Trinajstić information content (AvgIpc) is 3.89. The van der Waals surface area contributed by atoms with Crippen LogP contribution < -0.4 is 15.0 Å². The van der Waals surface area contributed by atoms with Gasteiger partial charge in [-0.3, -0.25) is 4.79 Å². The van der Waals surface area contributed by atoms with E-state index in [0.717, 1.165) is 48.6 Å². The van der Waals surface area contributed by atoms with Crippen molar-refractivity contribution in [1.82, 2.24) is 34.7 Å². The SMILES string of the molecule is O=C(Nc1cccc2c1OCC1(CC1)n1nnnc1-2)c1cc(-n2cnc(C3CC3)c2)c(N2CCOCC2)cn1. The van der Waals surface area contributed by atoms with E-state index in [-0.39, 0.29) is 11.4 Å². The molecule has 0 atom stereocenters.